The molecule has 1 saturated heterocycles. The molecule has 0 aromatic carbocycles. The van der Waals surface area contributed by atoms with Crippen molar-refractivity contribution in [3.05, 3.63) is 21.9 Å². The number of thiophene rings is 1. The van der Waals surface area contributed by atoms with Gasteiger partial charge in [-0.3, -0.25) is 4.79 Å². The first kappa shape index (κ1) is 15.0. The van der Waals surface area contributed by atoms with Crippen LogP contribution in [0.1, 0.15) is 49.0 Å². The van der Waals surface area contributed by atoms with Crippen molar-refractivity contribution < 1.29 is 4.79 Å². The van der Waals surface area contributed by atoms with E-state index in [9.17, 15) is 4.79 Å². The van der Waals surface area contributed by atoms with Gasteiger partial charge in [0.2, 0.25) is 5.91 Å². The van der Waals surface area contributed by atoms with Crippen molar-refractivity contribution in [3.63, 3.8) is 0 Å². The lowest BCUT2D eigenvalue weighted by Gasteiger charge is -2.40. The van der Waals surface area contributed by atoms with Gasteiger partial charge in [-0.05, 0) is 49.1 Å². The second kappa shape index (κ2) is 5.69. The summed E-state index contributed by atoms with van der Waals surface area (Å²) in [5, 5.41) is 2.12. The van der Waals surface area contributed by atoms with Crippen LogP contribution in [0.4, 0.5) is 0 Å². The molecule has 0 saturated carbocycles. The average molecular weight is 322 g/mol. The summed E-state index contributed by atoms with van der Waals surface area (Å²) < 4.78 is 0. The van der Waals surface area contributed by atoms with E-state index in [-0.39, 0.29) is 11.3 Å². The third-order valence-electron chi connectivity index (χ3n) is 5.12. The van der Waals surface area contributed by atoms with Gasteiger partial charge in [-0.25, -0.2) is 0 Å². The van der Waals surface area contributed by atoms with Gasteiger partial charge in [0.05, 0.1) is 10.9 Å². The number of likely N-dealkylation sites (tertiary alicyclic amines) is 1. The van der Waals surface area contributed by atoms with Crippen molar-refractivity contribution in [2.24, 2.45) is 11.1 Å². The first-order valence-corrected chi connectivity index (χ1v) is 8.95. The highest BCUT2D eigenvalue weighted by Gasteiger charge is 2.37. The molecular formula is C16H22N2OS2. The highest BCUT2D eigenvalue weighted by molar-refractivity contribution is 7.80. The fourth-order valence-corrected chi connectivity index (χ4v) is 4.62. The van der Waals surface area contributed by atoms with Crippen molar-refractivity contribution in [2.75, 3.05) is 13.1 Å². The van der Waals surface area contributed by atoms with Crippen LogP contribution < -0.4 is 5.73 Å². The minimum absolute atomic E-state index is 0.0772. The largest absolute Gasteiger partial charge is 0.393 e. The molecule has 1 fully saturated rings. The quantitative estimate of drug-likeness (QED) is 0.851. The molecule has 1 atom stereocenters. The van der Waals surface area contributed by atoms with Crippen LogP contribution in [-0.2, 0) is 11.2 Å². The third kappa shape index (κ3) is 2.73. The molecule has 1 aliphatic heterocycles. The summed E-state index contributed by atoms with van der Waals surface area (Å²) >= 11 is 6.97. The molecule has 1 aliphatic carbocycles. The second-order valence-corrected chi connectivity index (χ2v) is 7.93. The van der Waals surface area contributed by atoms with E-state index in [1.807, 2.05) is 4.90 Å². The Kier molecular flexibility index (Phi) is 4.06. The molecule has 1 aromatic heterocycles. The Morgan fingerprint density at radius 1 is 1.48 bits per heavy atom. The van der Waals surface area contributed by atoms with Gasteiger partial charge in [0.1, 0.15) is 0 Å². The summed E-state index contributed by atoms with van der Waals surface area (Å²) in [6, 6.07) is 2.14. The normalized spacial score (nSPS) is 24.4. The minimum atomic E-state index is -0.0772. The Balaban J connectivity index is 1.70. The van der Waals surface area contributed by atoms with E-state index in [1.165, 1.54) is 10.4 Å². The highest BCUT2D eigenvalue weighted by Crippen LogP contribution is 2.38. The molecular weight excluding hydrogens is 300 g/mol. The van der Waals surface area contributed by atoms with Crippen molar-refractivity contribution in [1.82, 2.24) is 4.90 Å². The number of amides is 1. The maximum atomic E-state index is 12.9. The molecule has 2 aliphatic rings. The van der Waals surface area contributed by atoms with Crippen LogP contribution in [0.5, 0.6) is 0 Å². The lowest BCUT2D eigenvalue weighted by Crippen LogP contribution is -2.48. The van der Waals surface area contributed by atoms with E-state index >= 15 is 0 Å². The SMILES string of the molecule is CC1(C(N)=S)CCN(C(=O)C2CCCc3sccc32)CC1. The van der Waals surface area contributed by atoms with Crippen LogP contribution in [0.2, 0.25) is 0 Å². The standard InChI is InChI=1S/C16H22N2OS2/c1-16(15(17)20)6-8-18(9-7-16)14(19)12-3-2-4-13-11(12)5-10-21-13/h5,10,12H,2-4,6-9H2,1H3,(H2,17,20). The number of piperidine rings is 1. The molecule has 5 heteroatoms. The van der Waals surface area contributed by atoms with Gasteiger partial charge >= 0.3 is 0 Å². The zero-order valence-corrected chi connectivity index (χ0v) is 14.1. The minimum Gasteiger partial charge on any atom is -0.393 e. The molecule has 3 rings (SSSR count). The van der Waals surface area contributed by atoms with Gasteiger partial charge in [0.25, 0.3) is 0 Å². The third-order valence-corrected chi connectivity index (χ3v) is 6.61. The number of hydrogen-bond acceptors (Lipinski definition) is 3. The van der Waals surface area contributed by atoms with Crippen LogP contribution in [-0.4, -0.2) is 28.9 Å². The molecule has 21 heavy (non-hydrogen) atoms. The molecule has 1 unspecified atom stereocenters. The predicted molar refractivity (Wildman–Crippen MR) is 90.7 cm³/mol. The highest BCUT2D eigenvalue weighted by atomic mass is 32.1. The van der Waals surface area contributed by atoms with Crippen molar-refractivity contribution in [2.45, 2.75) is 44.9 Å². The molecule has 2 N–H and O–H groups in total. The number of thiocarbonyl (C=S) groups is 1. The van der Waals surface area contributed by atoms with Gasteiger partial charge in [-0.2, -0.15) is 0 Å². The Labute approximate surface area is 135 Å². The van der Waals surface area contributed by atoms with E-state index in [4.69, 9.17) is 18.0 Å². The van der Waals surface area contributed by atoms with Crippen molar-refractivity contribution >= 4 is 34.5 Å². The van der Waals surface area contributed by atoms with Crippen LogP contribution in [0.3, 0.4) is 0 Å². The molecule has 1 aromatic rings. The summed E-state index contributed by atoms with van der Waals surface area (Å²) in [6.45, 7) is 3.68. The predicted octanol–water partition coefficient (Wildman–Crippen LogP) is 3.08. The summed E-state index contributed by atoms with van der Waals surface area (Å²) in [6.07, 6.45) is 5.03. The van der Waals surface area contributed by atoms with Crippen LogP contribution in [0.25, 0.3) is 0 Å². The molecule has 3 nitrogen and oxygen atoms in total. The van der Waals surface area contributed by atoms with E-state index in [2.05, 4.69) is 18.4 Å². The van der Waals surface area contributed by atoms with E-state index in [0.29, 0.717) is 10.9 Å². The smallest absolute Gasteiger partial charge is 0.230 e. The Morgan fingerprint density at radius 3 is 2.86 bits per heavy atom. The second-order valence-electron chi connectivity index (χ2n) is 6.49. The number of aryl methyl sites for hydroxylation is 1. The zero-order chi connectivity index (χ0) is 15.0. The monoisotopic (exact) mass is 322 g/mol. The van der Waals surface area contributed by atoms with Gasteiger partial charge in [0.15, 0.2) is 0 Å². The number of rotatable bonds is 2. The molecule has 0 bridgehead atoms. The lowest BCUT2D eigenvalue weighted by atomic mass is 9.79. The van der Waals surface area contributed by atoms with Gasteiger partial charge < -0.3 is 10.6 Å². The van der Waals surface area contributed by atoms with Crippen molar-refractivity contribution in [3.8, 4) is 0 Å². The van der Waals surface area contributed by atoms with E-state index in [1.54, 1.807) is 11.3 Å². The summed E-state index contributed by atoms with van der Waals surface area (Å²) in [5.74, 6) is 0.383. The van der Waals surface area contributed by atoms with Crippen LogP contribution >= 0.6 is 23.6 Å². The van der Waals surface area contributed by atoms with E-state index in [0.717, 1.165) is 45.2 Å². The average Bonchev–Trinajstić information content (AvgIpc) is 2.95. The zero-order valence-electron chi connectivity index (χ0n) is 12.4. The Bertz CT molecular complexity index is 558. The number of carbonyl (C=O) groups excluding carboxylic acids is 1. The fourth-order valence-electron chi connectivity index (χ4n) is 3.43. The van der Waals surface area contributed by atoms with Crippen molar-refractivity contribution in [1.29, 1.82) is 0 Å². The molecule has 114 valence electrons. The number of nitrogens with two attached hydrogens (primary N) is 1. The number of carbonyl (C=O) groups is 1. The first-order valence-electron chi connectivity index (χ1n) is 7.66. The first-order chi connectivity index (χ1) is 10.0. The summed E-state index contributed by atoms with van der Waals surface area (Å²) in [7, 11) is 0. The van der Waals surface area contributed by atoms with E-state index < -0.39 is 0 Å². The number of nitrogens with zero attached hydrogens (tertiary/aromatic N) is 1. The lowest BCUT2D eigenvalue weighted by molar-refractivity contribution is -0.134. The maximum absolute atomic E-state index is 12.9. The maximum Gasteiger partial charge on any atom is 0.230 e. The summed E-state index contributed by atoms with van der Waals surface area (Å²) in [4.78, 5) is 16.9. The van der Waals surface area contributed by atoms with Gasteiger partial charge in [0, 0.05) is 23.4 Å². The molecule has 0 radical (unpaired) electrons. The Hall–Kier alpha value is -0.940. The molecule has 0 spiro atoms. The van der Waals surface area contributed by atoms with Crippen LogP contribution in [0, 0.1) is 5.41 Å². The van der Waals surface area contributed by atoms with Crippen LogP contribution in [0.15, 0.2) is 11.4 Å². The molecule has 2 heterocycles. The Morgan fingerprint density at radius 2 is 2.19 bits per heavy atom. The fraction of sp³-hybridized carbons (Fsp3) is 0.625. The topological polar surface area (TPSA) is 46.3 Å². The number of hydrogen-bond donors (Lipinski definition) is 1. The number of fused-ring (bicyclic) bond motifs is 1. The summed E-state index contributed by atoms with van der Waals surface area (Å²) in [5.41, 5.74) is 7.04. The van der Waals surface area contributed by atoms with Gasteiger partial charge in [-0.15, -0.1) is 11.3 Å². The molecule has 1 amide bonds. The van der Waals surface area contributed by atoms with Gasteiger partial charge in [-0.1, -0.05) is 19.1 Å².